The number of hydrogen-bond donors (Lipinski definition) is 0. The Kier molecular flexibility index (Phi) is 54.0. The number of rotatable bonds is 36. The Hall–Kier alpha value is -0.320. The van der Waals surface area contributed by atoms with Crippen molar-refractivity contribution in [3.05, 3.63) is 0 Å². The summed E-state index contributed by atoms with van der Waals surface area (Å²) in [5, 5.41) is 0. The molecule has 0 fully saturated rings. The second-order valence-electron chi connectivity index (χ2n) is 17.4. The molecule has 0 heterocycles. The fraction of sp³-hybridized carbons (Fsp3) is 1.00. The van der Waals surface area contributed by atoms with Gasteiger partial charge >= 0.3 is 0 Å². The van der Waals surface area contributed by atoms with Crippen LogP contribution in [0, 0.1) is 0 Å². The summed E-state index contributed by atoms with van der Waals surface area (Å²) in [6.07, 6.45) is 33.2. The van der Waals surface area contributed by atoms with Crippen molar-refractivity contribution in [1.29, 1.82) is 0 Å². The van der Waals surface area contributed by atoms with Crippen LogP contribution in [0.5, 0.6) is 0 Å². The summed E-state index contributed by atoms with van der Waals surface area (Å²) in [7, 11) is -5.17. The third-order valence-electron chi connectivity index (χ3n) is 11.8. The number of halogens is 1. The van der Waals surface area contributed by atoms with Crippen LogP contribution in [-0.2, 0) is 10.4 Å². The first-order chi connectivity index (χ1) is 26.7. The summed E-state index contributed by atoms with van der Waals surface area (Å²) in [5.74, 6) is 0. The Morgan fingerprint density at radius 3 is 0.386 bits per heavy atom. The van der Waals surface area contributed by atoms with Crippen molar-refractivity contribution in [1.82, 2.24) is 0 Å². The van der Waals surface area contributed by atoms with E-state index < -0.39 is 10.4 Å². The van der Waals surface area contributed by atoms with Crippen LogP contribution < -0.4 is 4.70 Å². The minimum atomic E-state index is -5.17. The zero-order valence-electron chi connectivity index (χ0n) is 41.2. The molecule has 0 saturated heterocycles. The zero-order valence-corrected chi connectivity index (χ0v) is 42.0. The second-order valence-corrected chi connectivity index (χ2v) is 18.2. The van der Waals surface area contributed by atoms with Crippen molar-refractivity contribution in [2.75, 3.05) is 78.5 Å². The molecular weight excluding hydrogens is 734 g/mol. The first kappa shape index (κ1) is 65.8. The van der Waals surface area contributed by atoms with Gasteiger partial charge in [-0.1, -0.05) is 160 Å². The summed E-state index contributed by atoms with van der Waals surface area (Å²) >= 11 is 0. The third kappa shape index (κ3) is 45.0. The maximum Gasteiger partial charge on any atom is 0.0786 e. The minimum Gasteiger partial charge on any atom is -1.00 e. The molecule has 0 radical (unpaired) electrons. The number of hydrogen-bond acceptors (Lipinski definition) is 4. The van der Waals surface area contributed by atoms with Crippen molar-refractivity contribution >= 4 is 10.4 Å². The Balaban J connectivity index is -0.000000221. The van der Waals surface area contributed by atoms with Crippen LogP contribution >= 0.6 is 0 Å². The topological polar surface area (TPSA) is 80.3 Å². The highest BCUT2D eigenvalue weighted by Crippen LogP contribution is 2.19. The van der Waals surface area contributed by atoms with Gasteiger partial charge in [0.15, 0.2) is 0 Å². The SMILES string of the molecule is CCCC[N+](CCCC)(CCCC)CCCC.CCCC[N+](CCCC)(CCCC)CCCC.CCCC[N+](CCCC)(CCCC)CCCC.O=S(=O)([O-])[O-].[F-]. The minimum absolute atomic E-state index is 0. The average molecular weight is 842 g/mol. The molecule has 0 spiro atoms. The standard InChI is InChI=1S/3C16H36N.FH.H2O4S/c3*1-5-9-13-17(14-10-6-2,15-11-7-3)16-12-8-4;;1-5(2,3)4/h3*5-16H2,1-4H3;1H;(H2,1,2,3,4)/q3*+1;;/p-3. The quantitative estimate of drug-likeness (QED) is 0.0358. The van der Waals surface area contributed by atoms with E-state index in [0.29, 0.717) is 0 Å². The van der Waals surface area contributed by atoms with E-state index in [0.717, 1.165) is 0 Å². The normalized spacial score (nSPS) is 11.8. The molecule has 0 unspecified atom stereocenters. The molecule has 0 aliphatic heterocycles. The molecule has 0 N–H and O–H groups in total. The van der Waals surface area contributed by atoms with Gasteiger partial charge in [0.1, 0.15) is 0 Å². The lowest BCUT2D eigenvalue weighted by atomic mass is 10.1. The van der Waals surface area contributed by atoms with Crippen molar-refractivity contribution in [3.63, 3.8) is 0 Å². The lowest BCUT2D eigenvalue weighted by molar-refractivity contribution is -0.929. The predicted octanol–water partition coefficient (Wildman–Crippen LogP) is 10.7. The molecule has 352 valence electrons. The molecule has 0 aromatic heterocycles. The van der Waals surface area contributed by atoms with Crippen molar-refractivity contribution in [2.24, 2.45) is 0 Å². The lowest BCUT2D eigenvalue weighted by Gasteiger charge is -2.39. The summed E-state index contributed by atoms with van der Waals surface area (Å²) < 4.78 is 38.3. The Bertz CT molecular complexity index is 657. The fourth-order valence-corrected chi connectivity index (χ4v) is 7.93. The van der Waals surface area contributed by atoms with Gasteiger partial charge in [0, 0.05) is 10.4 Å². The molecule has 0 aromatic rings. The van der Waals surface area contributed by atoms with Gasteiger partial charge in [-0.05, 0) is 77.0 Å². The zero-order chi connectivity index (χ0) is 43.5. The van der Waals surface area contributed by atoms with Gasteiger partial charge < -0.3 is 27.3 Å². The van der Waals surface area contributed by atoms with E-state index in [1.54, 1.807) is 0 Å². The van der Waals surface area contributed by atoms with Crippen LogP contribution in [0.15, 0.2) is 0 Å². The van der Waals surface area contributed by atoms with Gasteiger partial charge in [-0.2, -0.15) is 0 Å². The first-order valence-corrected chi connectivity index (χ1v) is 26.3. The Labute approximate surface area is 360 Å². The molecule has 0 rings (SSSR count). The van der Waals surface area contributed by atoms with E-state index in [-0.39, 0.29) is 4.70 Å². The van der Waals surface area contributed by atoms with Crippen LogP contribution in [-0.4, -0.2) is 110 Å². The summed E-state index contributed by atoms with van der Waals surface area (Å²) in [4.78, 5) is 0. The largest absolute Gasteiger partial charge is 1.00 e. The highest BCUT2D eigenvalue weighted by molar-refractivity contribution is 7.79. The highest BCUT2D eigenvalue weighted by atomic mass is 32.3. The molecule has 0 bridgehead atoms. The third-order valence-corrected chi connectivity index (χ3v) is 11.8. The van der Waals surface area contributed by atoms with E-state index in [9.17, 15) is 0 Å². The summed E-state index contributed by atoms with van der Waals surface area (Å²) in [5.41, 5.74) is 0. The molecule has 0 aliphatic carbocycles. The van der Waals surface area contributed by atoms with E-state index in [1.165, 1.54) is 246 Å². The van der Waals surface area contributed by atoms with E-state index >= 15 is 0 Å². The van der Waals surface area contributed by atoms with Crippen LogP contribution in [0.3, 0.4) is 0 Å². The van der Waals surface area contributed by atoms with Crippen LogP contribution in [0.1, 0.15) is 237 Å². The monoisotopic (exact) mass is 842 g/mol. The van der Waals surface area contributed by atoms with Gasteiger partial charge in [-0.25, -0.2) is 0 Å². The van der Waals surface area contributed by atoms with Crippen molar-refractivity contribution < 1.29 is 35.7 Å². The van der Waals surface area contributed by atoms with E-state index in [2.05, 4.69) is 83.1 Å². The highest BCUT2D eigenvalue weighted by Gasteiger charge is 2.26. The van der Waals surface area contributed by atoms with Gasteiger partial charge in [0.05, 0.1) is 78.5 Å². The molecule has 0 aliphatic rings. The summed E-state index contributed by atoms with van der Waals surface area (Å²) in [6, 6.07) is 0. The molecular formula is C48H108FN3O4S. The van der Waals surface area contributed by atoms with E-state index in [1.807, 2.05) is 0 Å². The molecule has 0 atom stereocenters. The van der Waals surface area contributed by atoms with Crippen LogP contribution in [0.2, 0.25) is 0 Å². The average Bonchev–Trinajstić information content (AvgIpc) is 3.19. The maximum atomic E-state index is 8.52. The fourth-order valence-electron chi connectivity index (χ4n) is 7.93. The van der Waals surface area contributed by atoms with Crippen LogP contribution in [0.4, 0.5) is 0 Å². The Morgan fingerprint density at radius 2 is 0.333 bits per heavy atom. The predicted molar refractivity (Wildman–Crippen MR) is 249 cm³/mol. The summed E-state index contributed by atoms with van der Waals surface area (Å²) in [6.45, 7) is 45.1. The molecule has 9 heteroatoms. The van der Waals surface area contributed by atoms with Crippen molar-refractivity contribution in [2.45, 2.75) is 237 Å². The molecule has 0 amide bonds. The molecule has 0 saturated carbocycles. The van der Waals surface area contributed by atoms with Gasteiger partial charge in [-0.3, -0.25) is 8.42 Å². The van der Waals surface area contributed by atoms with Crippen LogP contribution in [0.25, 0.3) is 0 Å². The molecule has 7 nitrogen and oxygen atoms in total. The lowest BCUT2D eigenvalue weighted by Crippen LogP contribution is -3.00. The number of nitrogens with zero attached hydrogens (tertiary/aromatic N) is 3. The number of quaternary nitrogens is 3. The smallest absolute Gasteiger partial charge is 0.0786 e. The van der Waals surface area contributed by atoms with Gasteiger partial charge in [0.2, 0.25) is 0 Å². The van der Waals surface area contributed by atoms with Gasteiger partial charge in [0.25, 0.3) is 0 Å². The second kappa shape index (κ2) is 46.7. The van der Waals surface area contributed by atoms with Crippen molar-refractivity contribution in [3.8, 4) is 0 Å². The first-order valence-electron chi connectivity index (χ1n) is 24.9. The molecule has 57 heavy (non-hydrogen) atoms. The Morgan fingerprint density at radius 1 is 0.263 bits per heavy atom. The van der Waals surface area contributed by atoms with Gasteiger partial charge in [-0.15, -0.1) is 0 Å². The number of unbranched alkanes of at least 4 members (excludes halogenated alkanes) is 12. The maximum absolute atomic E-state index is 8.52. The molecule has 0 aromatic carbocycles. The van der Waals surface area contributed by atoms with E-state index in [4.69, 9.17) is 17.5 Å².